The number of rotatable bonds is 27. The fourth-order valence-electron chi connectivity index (χ4n) is 5.56. The number of aliphatic hydroxyl groups is 2. The predicted octanol–water partition coefficient (Wildman–Crippen LogP) is -6.33. The lowest BCUT2D eigenvalue weighted by molar-refractivity contribution is -0.143. The molecular formula is C36H63N11O13. The van der Waals surface area contributed by atoms with Crippen LogP contribution in [0.2, 0.25) is 0 Å². The third-order valence-corrected chi connectivity index (χ3v) is 9.50. The van der Waals surface area contributed by atoms with E-state index in [1.165, 1.54) is 20.8 Å². The van der Waals surface area contributed by atoms with Crippen LogP contribution in [-0.2, 0) is 47.9 Å². The normalized spacial score (nSPS) is 17.4. The Morgan fingerprint density at radius 2 is 1.18 bits per heavy atom. The number of carbonyl (C=O) groups is 10. The molecule has 340 valence electrons. The van der Waals surface area contributed by atoms with Crippen molar-refractivity contribution in [3.8, 4) is 0 Å². The Kier molecular flexibility index (Phi) is 23.9. The number of carboxylic acid groups (broad SMARTS) is 1. The summed E-state index contributed by atoms with van der Waals surface area (Å²) in [6, 6.07) is -9.51. The van der Waals surface area contributed by atoms with Gasteiger partial charge in [-0.15, -0.1) is 0 Å². The molecule has 0 aromatic carbocycles. The quantitative estimate of drug-likeness (QED) is 0.0342. The van der Waals surface area contributed by atoms with Crippen LogP contribution in [0.1, 0.15) is 73.1 Å². The molecule has 1 fully saturated rings. The monoisotopic (exact) mass is 857 g/mol. The van der Waals surface area contributed by atoms with Crippen molar-refractivity contribution in [1.82, 2.24) is 53.2 Å². The van der Waals surface area contributed by atoms with Crippen molar-refractivity contribution in [2.75, 3.05) is 39.4 Å². The second-order valence-corrected chi connectivity index (χ2v) is 14.4. The van der Waals surface area contributed by atoms with Crippen molar-refractivity contribution in [2.24, 2.45) is 11.7 Å². The van der Waals surface area contributed by atoms with Gasteiger partial charge >= 0.3 is 5.97 Å². The van der Waals surface area contributed by atoms with Crippen LogP contribution in [0.25, 0.3) is 0 Å². The van der Waals surface area contributed by atoms with E-state index in [0.29, 0.717) is 32.2 Å². The summed E-state index contributed by atoms with van der Waals surface area (Å²) >= 11 is 0. The maximum Gasteiger partial charge on any atom is 0.328 e. The van der Waals surface area contributed by atoms with Gasteiger partial charge in [0.2, 0.25) is 53.2 Å². The van der Waals surface area contributed by atoms with Gasteiger partial charge in [0.1, 0.15) is 42.3 Å². The molecule has 0 radical (unpaired) electrons. The first-order valence-electron chi connectivity index (χ1n) is 19.8. The maximum absolute atomic E-state index is 13.5. The number of hydrogen-bond donors (Lipinski definition) is 14. The first kappa shape index (κ1) is 52.6. The van der Waals surface area contributed by atoms with Gasteiger partial charge in [-0.05, 0) is 71.9 Å². The highest BCUT2D eigenvalue weighted by Crippen LogP contribution is 2.11. The first-order valence-corrected chi connectivity index (χ1v) is 19.8. The van der Waals surface area contributed by atoms with Gasteiger partial charge in [-0.3, -0.25) is 43.2 Å². The van der Waals surface area contributed by atoms with E-state index in [0.717, 1.165) is 6.42 Å². The lowest BCUT2D eigenvalue weighted by Crippen LogP contribution is -2.60. The number of carbonyl (C=O) groups excluding carboxylic acids is 9. The van der Waals surface area contributed by atoms with Gasteiger partial charge in [-0.25, -0.2) is 4.79 Å². The molecule has 9 atom stereocenters. The smallest absolute Gasteiger partial charge is 0.328 e. The molecule has 1 aliphatic heterocycles. The zero-order chi connectivity index (χ0) is 45.5. The maximum atomic E-state index is 13.5. The van der Waals surface area contributed by atoms with Crippen molar-refractivity contribution < 1.29 is 63.3 Å². The van der Waals surface area contributed by atoms with Crippen molar-refractivity contribution in [3.05, 3.63) is 0 Å². The Morgan fingerprint density at radius 3 is 1.73 bits per heavy atom. The molecule has 0 aliphatic carbocycles. The van der Waals surface area contributed by atoms with Crippen LogP contribution in [0.3, 0.4) is 0 Å². The number of aliphatic carboxylic acids is 1. The number of carboxylic acids is 1. The summed E-state index contributed by atoms with van der Waals surface area (Å²) in [6.07, 6.45) is 2.76. The Balaban J connectivity index is 2.80. The van der Waals surface area contributed by atoms with Crippen LogP contribution in [-0.4, -0.2) is 162 Å². The van der Waals surface area contributed by atoms with E-state index in [2.05, 4.69) is 47.9 Å². The molecule has 0 aromatic rings. The third kappa shape index (κ3) is 18.6. The van der Waals surface area contributed by atoms with Gasteiger partial charge in [-0.1, -0.05) is 20.3 Å². The van der Waals surface area contributed by atoms with Crippen molar-refractivity contribution in [3.63, 3.8) is 0 Å². The molecule has 0 bridgehead atoms. The molecule has 0 aromatic heterocycles. The lowest BCUT2D eigenvalue weighted by atomic mass is 9.97. The molecular weight excluding hydrogens is 794 g/mol. The molecule has 1 heterocycles. The van der Waals surface area contributed by atoms with Crippen molar-refractivity contribution >= 4 is 59.1 Å². The number of nitrogens with two attached hydrogens (primary N) is 1. The number of amides is 9. The second-order valence-electron chi connectivity index (χ2n) is 14.4. The van der Waals surface area contributed by atoms with Crippen LogP contribution < -0.4 is 58.9 Å². The fraction of sp³-hybridized carbons (Fsp3) is 0.722. The fourth-order valence-corrected chi connectivity index (χ4v) is 5.56. The highest BCUT2D eigenvalue weighted by molar-refractivity contribution is 5.97. The Bertz CT molecular complexity index is 1510. The molecule has 24 heteroatoms. The van der Waals surface area contributed by atoms with Crippen LogP contribution in [0.4, 0.5) is 0 Å². The van der Waals surface area contributed by atoms with Crippen molar-refractivity contribution in [2.45, 2.75) is 121 Å². The van der Waals surface area contributed by atoms with Gasteiger partial charge in [0.25, 0.3) is 0 Å². The summed E-state index contributed by atoms with van der Waals surface area (Å²) in [5.41, 5.74) is 5.57. The molecule has 60 heavy (non-hydrogen) atoms. The Labute approximate surface area is 347 Å². The van der Waals surface area contributed by atoms with E-state index in [4.69, 9.17) is 15.9 Å². The molecule has 0 saturated carbocycles. The van der Waals surface area contributed by atoms with Gasteiger partial charge < -0.3 is 74.2 Å². The van der Waals surface area contributed by atoms with E-state index in [9.17, 15) is 53.1 Å². The van der Waals surface area contributed by atoms with Gasteiger partial charge in [-0.2, -0.15) is 0 Å². The van der Waals surface area contributed by atoms with E-state index >= 15 is 0 Å². The minimum atomic E-state index is -1.60. The van der Waals surface area contributed by atoms with E-state index in [1.54, 1.807) is 13.8 Å². The Morgan fingerprint density at radius 1 is 0.633 bits per heavy atom. The standard InChI is InChI=1S/C36H63N11O13/c1-6-18(2)28(35(58)45-23(10-7-8-12-37)32(55)40-15-27(51)44-25(17-49)36(59)60)47-34(57)24(16-48)46-31(54)21(5)42-30(53)20(4)41-26(50)14-39-29(52)19(3)43-33(56)22-11-9-13-38-22/h18-25,28,38,48-49H,6-17,37H2,1-5H3,(H,39,52)(H,40,55)(H,41,50)(H,42,53)(H,43,56)(H,44,51)(H,45,58)(H,46,54)(H,47,57)(H,59,60)/t18-,19-,20-,21-,22-,23-,24-,25-,28-/m0/s1. The first-order chi connectivity index (χ1) is 28.3. The SMILES string of the molecule is CC[C@H](C)[C@H](NC(=O)[C@H](CO)NC(=O)[C@H](C)NC(=O)[C@H](C)NC(=O)CNC(=O)[C@H](C)NC(=O)[C@@H]1CCCN1)C(=O)N[C@@H](CCCCN)C(=O)NCC(=O)N[C@@H](CO)C(=O)O. The van der Waals surface area contributed by atoms with Crippen LogP contribution in [0.15, 0.2) is 0 Å². The summed E-state index contributed by atoms with van der Waals surface area (Å²) in [5, 5.41) is 52.5. The zero-order valence-electron chi connectivity index (χ0n) is 34.7. The largest absolute Gasteiger partial charge is 0.480 e. The zero-order valence-corrected chi connectivity index (χ0v) is 34.7. The van der Waals surface area contributed by atoms with E-state index < -0.39 is 134 Å². The molecule has 24 nitrogen and oxygen atoms in total. The van der Waals surface area contributed by atoms with Crippen molar-refractivity contribution in [1.29, 1.82) is 0 Å². The molecule has 0 spiro atoms. The average molecular weight is 858 g/mol. The van der Waals surface area contributed by atoms with Crippen LogP contribution >= 0.6 is 0 Å². The lowest BCUT2D eigenvalue weighted by Gasteiger charge is -2.28. The highest BCUT2D eigenvalue weighted by atomic mass is 16.4. The summed E-state index contributed by atoms with van der Waals surface area (Å²) in [7, 11) is 0. The topological polar surface area (TPSA) is 378 Å². The molecule has 0 unspecified atom stereocenters. The molecule has 1 aliphatic rings. The van der Waals surface area contributed by atoms with Crippen LogP contribution in [0, 0.1) is 5.92 Å². The highest BCUT2D eigenvalue weighted by Gasteiger charge is 2.33. The van der Waals surface area contributed by atoms with E-state index in [-0.39, 0.29) is 18.9 Å². The summed E-state index contributed by atoms with van der Waals surface area (Å²) in [4.78, 5) is 126. The molecule has 1 rings (SSSR count). The average Bonchev–Trinajstić information content (AvgIpc) is 3.76. The van der Waals surface area contributed by atoms with Crippen LogP contribution in [0.5, 0.6) is 0 Å². The minimum Gasteiger partial charge on any atom is -0.480 e. The van der Waals surface area contributed by atoms with Gasteiger partial charge in [0.15, 0.2) is 0 Å². The molecule has 15 N–H and O–H groups in total. The third-order valence-electron chi connectivity index (χ3n) is 9.50. The summed E-state index contributed by atoms with van der Waals surface area (Å²) in [5.74, 6) is -8.96. The summed E-state index contributed by atoms with van der Waals surface area (Å²) in [6.45, 7) is 5.39. The minimum absolute atomic E-state index is 0.0719. The second kappa shape index (κ2) is 27.3. The summed E-state index contributed by atoms with van der Waals surface area (Å²) < 4.78 is 0. The number of nitrogens with one attached hydrogen (secondary N) is 10. The number of unbranched alkanes of at least 4 members (excludes halogenated alkanes) is 1. The molecule has 9 amide bonds. The molecule has 1 saturated heterocycles. The number of hydrogen-bond acceptors (Lipinski definition) is 14. The number of aliphatic hydroxyl groups excluding tert-OH is 2. The van der Waals surface area contributed by atoms with Gasteiger partial charge in [0, 0.05) is 0 Å². The predicted molar refractivity (Wildman–Crippen MR) is 212 cm³/mol. The van der Waals surface area contributed by atoms with Gasteiger partial charge in [0.05, 0.1) is 32.3 Å². The van der Waals surface area contributed by atoms with E-state index in [1.807, 2.05) is 5.32 Å². The Hall–Kier alpha value is -5.46.